The van der Waals surface area contributed by atoms with Gasteiger partial charge in [0.15, 0.2) is 0 Å². The molecule has 0 spiro atoms. The van der Waals surface area contributed by atoms with Crippen LogP contribution < -0.4 is 0 Å². The van der Waals surface area contributed by atoms with Gasteiger partial charge in [-0.05, 0) is 42.3 Å². The van der Waals surface area contributed by atoms with Crippen molar-refractivity contribution in [1.29, 1.82) is 0 Å². The molecule has 31 heavy (non-hydrogen) atoms. The molecule has 2 aromatic carbocycles. The predicted octanol–water partition coefficient (Wildman–Crippen LogP) is 4.52. The topological polar surface area (TPSA) is 70.8 Å². The summed E-state index contributed by atoms with van der Waals surface area (Å²) in [5.74, 6) is -0.175. The summed E-state index contributed by atoms with van der Waals surface area (Å²) in [5, 5.41) is 0. The zero-order chi connectivity index (χ0) is 21.8. The van der Waals surface area contributed by atoms with Gasteiger partial charge < -0.3 is 9.32 Å². The van der Waals surface area contributed by atoms with Gasteiger partial charge in [0.1, 0.15) is 5.76 Å². The van der Waals surface area contributed by atoms with E-state index < -0.39 is 0 Å². The Morgan fingerprint density at radius 3 is 2.42 bits per heavy atom. The Hall–Kier alpha value is -3.67. The molecule has 1 aliphatic heterocycles. The molecule has 0 unspecified atom stereocenters. The van der Waals surface area contributed by atoms with Crippen LogP contribution >= 0.6 is 0 Å². The van der Waals surface area contributed by atoms with Gasteiger partial charge in [0.05, 0.1) is 23.9 Å². The Kier molecular flexibility index (Phi) is 5.98. The largest absolute Gasteiger partial charge is 0.467 e. The van der Waals surface area contributed by atoms with E-state index >= 15 is 0 Å². The fourth-order valence-electron chi connectivity index (χ4n) is 3.72. The number of hydrogen-bond acceptors (Lipinski definition) is 4. The third kappa shape index (κ3) is 4.28. The average molecular weight is 416 g/mol. The molecule has 2 heterocycles. The van der Waals surface area contributed by atoms with Gasteiger partial charge in [0, 0.05) is 18.7 Å². The van der Waals surface area contributed by atoms with E-state index in [9.17, 15) is 14.4 Å². The van der Waals surface area contributed by atoms with E-state index in [1.54, 1.807) is 35.4 Å². The van der Waals surface area contributed by atoms with Crippen molar-refractivity contribution in [2.75, 3.05) is 6.54 Å². The molecule has 1 aliphatic rings. The lowest BCUT2D eigenvalue weighted by Crippen LogP contribution is -2.31. The molecule has 0 saturated carbocycles. The Labute approximate surface area is 181 Å². The second-order valence-corrected chi connectivity index (χ2v) is 7.60. The molecule has 1 aromatic heterocycles. The second-order valence-electron chi connectivity index (χ2n) is 7.60. The molecule has 0 radical (unpaired) electrons. The lowest BCUT2D eigenvalue weighted by molar-refractivity contribution is 0.0651. The number of benzene rings is 2. The molecule has 0 saturated heterocycles. The highest BCUT2D eigenvalue weighted by molar-refractivity contribution is 6.22. The quantitative estimate of drug-likeness (QED) is 0.506. The number of amides is 3. The van der Waals surface area contributed by atoms with Crippen LogP contribution in [0.15, 0.2) is 71.3 Å². The third-order valence-corrected chi connectivity index (χ3v) is 5.38. The average Bonchev–Trinajstić information content (AvgIpc) is 3.39. The first-order chi connectivity index (χ1) is 15.1. The molecule has 0 N–H and O–H groups in total. The highest BCUT2D eigenvalue weighted by Gasteiger charge is 2.35. The number of carbonyl (C=O) groups is 3. The molecule has 6 heteroatoms. The Morgan fingerprint density at radius 2 is 1.71 bits per heavy atom. The van der Waals surface area contributed by atoms with Crippen molar-refractivity contribution in [3.63, 3.8) is 0 Å². The van der Waals surface area contributed by atoms with E-state index in [2.05, 4.69) is 0 Å². The summed E-state index contributed by atoms with van der Waals surface area (Å²) in [5.41, 5.74) is 2.02. The minimum Gasteiger partial charge on any atom is -0.467 e. The zero-order valence-corrected chi connectivity index (χ0v) is 17.4. The van der Waals surface area contributed by atoms with Crippen molar-refractivity contribution in [1.82, 2.24) is 9.80 Å². The van der Waals surface area contributed by atoms with Crippen molar-refractivity contribution in [2.45, 2.75) is 32.9 Å². The van der Waals surface area contributed by atoms with E-state index in [0.29, 0.717) is 42.1 Å². The first-order valence-corrected chi connectivity index (χ1v) is 10.4. The Balaban J connectivity index is 1.61. The number of hydrogen-bond donors (Lipinski definition) is 0. The van der Waals surface area contributed by atoms with Crippen molar-refractivity contribution in [3.05, 3.63) is 94.9 Å². The van der Waals surface area contributed by atoms with Crippen LogP contribution in [0.25, 0.3) is 0 Å². The summed E-state index contributed by atoms with van der Waals surface area (Å²) in [7, 11) is 0. The van der Waals surface area contributed by atoms with Crippen LogP contribution in [-0.4, -0.2) is 34.1 Å². The van der Waals surface area contributed by atoms with Gasteiger partial charge in [-0.25, -0.2) is 0 Å². The maximum atomic E-state index is 13.4. The van der Waals surface area contributed by atoms with Gasteiger partial charge in [-0.1, -0.05) is 43.7 Å². The third-order valence-electron chi connectivity index (χ3n) is 5.38. The maximum Gasteiger partial charge on any atom is 0.261 e. The Bertz CT molecular complexity index is 1090. The van der Waals surface area contributed by atoms with Crippen molar-refractivity contribution < 1.29 is 18.8 Å². The van der Waals surface area contributed by atoms with E-state index in [1.807, 2.05) is 43.3 Å². The van der Waals surface area contributed by atoms with Gasteiger partial charge in [-0.2, -0.15) is 0 Å². The fourth-order valence-corrected chi connectivity index (χ4v) is 3.72. The number of carbonyl (C=O) groups excluding carboxylic acids is 3. The summed E-state index contributed by atoms with van der Waals surface area (Å²) >= 11 is 0. The van der Waals surface area contributed by atoms with E-state index in [4.69, 9.17) is 4.42 Å². The molecule has 0 aliphatic carbocycles. The number of unbranched alkanes of at least 4 members (excludes halogenated alkanes) is 1. The second kappa shape index (κ2) is 9.00. The number of furan rings is 1. The summed E-state index contributed by atoms with van der Waals surface area (Å²) in [6, 6.07) is 18.0. The van der Waals surface area contributed by atoms with E-state index in [1.165, 1.54) is 4.90 Å². The lowest BCUT2D eigenvalue weighted by atomic mass is 10.0. The molecule has 6 nitrogen and oxygen atoms in total. The number of rotatable bonds is 8. The predicted molar refractivity (Wildman–Crippen MR) is 115 cm³/mol. The van der Waals surface area contributed by atoms with Gasteiger partial charge in [-0.3, -0.25) is 19.3 Å². The monoisotopic (exact) mass is 416 g/mol. The highest BCUT2D eigenvalue weighted by atomic mass is 16.3. The summed E-state index contributed by atoms with van der Waals surface area (Å²) in [6.07, 6.45) is 3.22. The lowest BCUT2D eigenvalue weighted by Gasteiger charge is -2.22. The van der Waals surface area contributed by atoms with Gasteiger partial charge >= 0.3 is 0 Å². The molecule has 0 fully saturated rings. The number of nitrogens with zero attached hydrogens (tertiary/aromatic N) is 2. The molecular formula is C25H24N2O4. The number of imide groups is 1. The molecule has 0 bridgehead atoms. The van der Waals surface area contributed by atoms with Crippen LogP contribution in [0.3, 0.4) is 0 Å². The summed E-state index contributed by atoms with van der Waals surface area (Å²) in [4.78, 5) is 41.7. The SMILES string of the molecule is CCCCN1C(=O)c2ccc(C(=O)N(Cc3ccccc3)Cc3ccco3)cc2C1=O. The van der Waals surface area contributed by atoms with Gasteiger partial charge in [-0.15, -0.1) is 0 Å². The minimum absolute atomic E-state index is 0.227. The van der Waals surface area contributed by atoms with Crippen LogP contribution in [0.1, 0.15) is 62.2 Å². The minimum atomic E-state index is -0.330. The zero-order valence-electron chi connectivity index (χ0n) is 17.4. The molecule has 4 rings (SSSR count). The highest BCUT2D eigenvalue weighted by Crippen LogP contribution is 2.25. The van der Waals surface area contributed by atoms with Crippen molar-refractivity contribution in [2.24, 2.45) is 0 Å². The van der Waals surface area contributed by atoms with Gasteiger partial charge in [0.25, 0.3) is 17.7 Å². The fraction of sp³-hybridized carbons (Fsp3) is 0.240. The first-order valence-electron chi connectivity index (χ1n) is 10.4. The molecule has 3 amide bonds. The normalized spacial score (nSPS) is 12.9. The van der Waals surface area contributed by atoms with Crippen LogP contribution in [-0.2, 0) is 13.1 Å². The smallest absolute Gasteiger partial charge is 0.261 e. The standard InChI is InChI=1S/C25H24N2O4/c1-2-3-13-27-24(29)21-12-11-19(15-22(21)25(27)30)23(28)26(17-20-10-7-14-31-20)16-18-8-5-4-6-9-18/h4-12,14-15H,2-3,13,16-17H2,1H3. The van der Waals surface area contributed by atoms with E-state index in [0.717, 1.165) is 18.4 Å². The summed E-state index contributed by atoms with van der Waals surface area (Å²) in [6.45, 7) is 3.10. The van der Waals surface area contributed by atoms with E-state index in [-0.39, 0.29) is 17.7 Å². The van der Waals surface area contributed by atoms with Gasteiger partial charge in [0.2, 0.25) is 0 Å². The number of fused-ring (bicyclic) bond motifs is 1. The van der Waals surface area contributed by atoms with Crippen molar-refractivity contribution >= 4 is 17.7 Å². The molecule has 158 valence electrons. The molecule has 0 atom stereocenters. The summed E-state index contributed by atoms with van der Waals surface area (Å²) < 4.78 is 5.45. The van der Waals surface area contributed by atoms with Crippen LogP contribution in [0.2, 0.25) is 0 Å². The van der Waals surface area contributed by atoms with Crippen LogP contribution in [0.5, 0.6) is 0 Å². The maximum absolute atomic E-state index is 13.4. The molecule has 3 aromatic rings. The molecular weight excluding hydrogens is 392 g/mol. The Morgan fingerprint density at radius 1 is 0.935 bits per heavy atom. The van der Waals surface area contributed by atoms with Crippen molar-refractivity contribution in [3.8, 4) is 0 Å². The van der Waals surface area contributed by atoms with Crippen LogP contribution in [0.4, 0.5) is 0 Å². The first kappa shape index (κ1) is 20.6. The van der Waals surface area contributed by atoms with Crippen LogP contribution in [0, 0.1) is 0 Å².